The molecular weight excluding hydrogens is 797 g/mol. The number of fused-ring (bicyclic) bond motifs is 3. The van der Waals surface area contributed by atoms with Gasteiger partial charge in [-0.05, 0) is 154 Å². The SMILES string of the molecule is CCCCCCCCC1(CCCCCCCC)c2cc(N(c3ccc(C)cc3)c3ccc(C)cc3)ccc2-c2ccc(N(c3ccc(C)cc3)c3ccc(C=C(C)CCCCC)cc3)cc21. The number of benzene rings is 6. The van der Waals surface area contributed by atoms with Gasteiger partial charge in [-0.3, -0.25) is 0 Å². The predicted octanol–water partition coefficient (Wildman–Crippen LogP) is 20.3. The summed E-state index contributed by atoms with van der Waals surface area (Å²) in [6, 6.07) is 51.6. The average Bonchev–Trinajstić information content (AvgIpc) is 3.59. The fourth-order valence-corrected chi connectivity index (χ4v) is 10.5. The van der Waals surface area contributed by atoms with Crippen LogP contribution in [0.25, 0.3) is 17.2 Å². The number of hydrogen-bond acceptors (Lipinski definition) is 2. The first kappa shape index (κ1) is 48.6. The molecule has 0 spiro atoms. The van der Waals surface area contributed by atoms with Crippen LogP contribution >= 0.6 is 0 Å². The summed E-state index contributed by atoms with van der Waals surface area (Å²) in [4.78, 5) is 4.99. The maximum Gasteiger partial charge on any atom is 0.0465 e. The van der Waals surface area contributed by atoms with Crippen LogP contribution in [-0.4, -0.2) is 0 Å². The van der Waals surface area contributed by atoms with Crippen molar-refractivity contribution in [3.8, 4) is 11.1 Å². The van der Waals surface area contributed by atoms with Crippen molar-refractivity contribution in [2.75, 3.05) is 9.80 Å². The van der Waals surface area contributed by atoms with Crippen LogP contribution in [0.2, 0.25) is 0 Å². The van der Waals surface area contributed by atoms with Gasteiger partial charge in [-0.25, -0.2) is 0 Å². The van der Waals surface area contributed by atoms with Crippen LogP contribution in [0.4, 0.5) is 34.1 Å². The zero-order valence-electron chi connectivity index (χ0n) is 41.9. The first-order valence-electron chi connectivity index (χ1n) is 26.1. The van der Waals surface area contributed by atoms with Gasteiger partial charge >= 0.3 is 0 Å². The average molecular weight is 877 g/mol. The molecule has 2 heteroatoms. The lowest BCUT2D eigenvalue weighted by Gasteiger charge is -2.35. The van der Waals surface area contributed by atoms with E-state index in [1.54, 1.807) is 0 Å². The normalized spacial score (nSPS) is 12.9. The number of rotatable bonds is 25. The van der Waals surface area contributed by atoms with Crippen molar-refractivity contribution in [2.24, 2.45) is 0 Å². The first-order chi connectivity index (χ1) is 32.2. The van der Waals surface area contributed by atoms with Gasteiger partial charge in [0.2, 0.25) is 0 Å². The van der Waals surface area contributed by atoms with Crippen LogP contribution in [0.5, 0.6) is 0 Å². The second kappa shape index (κ2) is 23.9. The largest absolute Gasteiger partial charge is 0.310 e. The van der Waals surface area contributed by atoms with E-state index in [-0.39, 0.29) is 5.41 Å². The standard InChI is InChI=1S/C64H80N2/c1-8-11-14-16-18-21-44-64(45-22-19-17-15-12-9-2)62-47-58(65(54-32-24-49(4)25-33-54)55-34-26-50(5)27-35-55)40-42-60(62)61-43-41-59(48-63(61)64)66(56-36-28-51(6)29-37-56)57-38-30-53(31-39-57)46-52(7)23-20-13-10-3/h24-43,46-48H,8-23,44-45H2,1-7H3. The topological polar surface area (TPSA) is 6.48 Å². The zero-order valence-corrected chi connectivity index (χ0v) is 41.9. The maximum absolute atomic E-state index is 2.62. The molecule has 0 fully saturated rings. The summed E-state index contributed by atoms with van der Waals surface area (Å²) in [5, 5.41) is 0. The molecule has 346 valence electrons. The molecule has 0 amide bonds. The number of allylic oxidation sites excluding steroid dienone is 1. The molecule has 2 nitrogen and oxygen atoms in total. The van der Waals surface area contributed by atoms with E-state index in [2.05, 4.69) is 198 Å². The molecule has 1 aliphatic rings. The Morgan fingerprint density at radius 1 is 0.394 bits per heavy atom. The fraction of sp³-hybridized carbons (Fsp3) is 0.406. The molecule has 66 heavy (non-hydrogen) atoms. The highest BCUT2D eigenvalue weighted by atomic mass is 15.1. The Hall–Kier alpha value is -5.34. The van der Waals surface area contributed by atoms with Crippen molar-refractivity contribution in [1.82, 2.24) is 0 Å². The molecule has 6 aromatic rings. The Labute approximate surface area is 401 Å². The van der Waals surface area contributed by atoms with Gasteiger partial charge in [0.1, 0.15) is 0 Å². The Morgan fingerprint density at radius 2 is 0.727 bits per heavy atom. The Balaban J connectivity index is 1.37. The highest BCUT2D eigenvalue weighted by molar-refractivity contribution is 5.88. The molecule has 0 bridgehead atoms. The fourth-order valence-electron chi connectivity index (χ4n) is 10.5. The van der Waals surface area contributed by atoms with Gasteiger partial charge in [-0.2, -0.15) is 0 Å². The van der Waals surface area contributed by atoms with E-state index in [9.17, 15) is 0 Å². The van der Waals surface area contributed by atoms with Gasteiger partial charge in [0.05, 0.1) is 0 Å². The molecule has 0 N–H and O–H groups in total. The van der Waals surface area contributed by atoms with Crippen molar-refractivity contribution in [1.29, 1.82) is 0 Å². The van der Waals surface area contributed by atoms with Crippen LogP contribution in [0.1, 0.15) is 177 Å². The van der Waals surface area contributed by atoms with Crippen molar-refractivity contribution in [3.05, 3.63) is 172 Å². The van der Waals surface area contributed by atoms with Crippen molar-refractivity contribution < 1.29 is 0 Å². The van der Waals surface area contributed by atoms with E-state index in [1.165, 1.54) is 200 Å². The second-order valence-corrected chi connectivity index (χ2v) is 19.8. The first-order valence-corrected chi connectivity index (χ1v) is 26.1. The lowest BCUT2D eigenvalue weighted by molar-refractivity contribution is 0.398. The van der Waals surface area contributed by atoms with E-state index in [4.69, 9.17) is 0 Å². The third-order valence-corrected chi connectivity index (χ3v) is 14.4. The quantitative estimate of drug-likeness (QED) is 0.0529. The molecule has 0 unspecified atom stereocenters. The van der Waals surface area contributed by atoms with Gasteiger partial charge < -0.3 is 9.80 Å². The molecule has 0 aliphatic heterocycles. The molecule has 0 radical (unpaired) electrons. The Kier molecular flexibility index (Phi) is 17.6. The highest BCUT2D eigenvalue weighted by Crippen LogP contribution is 2.57. The van der Waals surface area contributed by atoms with E-state index in [0.29, 0.717) is 0 Å². The lowest BCUT2D eigenvalue weighted by atomic mass is 9.70. The summed E-state index contributed by atoms with van der Waals surface area (Å²) >= 11 is 0. The molecule has 0 atom stereocenters. The number of anilines is 6. The molecule has 0 aromatic heterocycles. The Bertz CT molecular complexity index is 2370. The molecule has 0 heterocycles. The van der Waals surface area contributed by atoms with E-state index in [1.807, 2.05) is 0 Å². The smallest absolute Gasteiger partial charge is 0.0465 e. The van der Waals surface area contributed by atoms with Crippen LogP contribution < -0.4 is 9.80 Å². The summed E-state index contributed by atoms with van der Waals surface area (Å²) in [5.41, 5.74) is 19.6. The van der Waals surface area contributed by atoms with Crippen LogP contribution in [0.15, 0.2) is 139 Å². The zero-order chi connectivity index (χ0) is 46.3. The molecular formula is C64H80N2. The third kappa shape index (κ3) is 12.0. The minimum absolute atomic E-state index is 0.0959. The van der Waals surface area contributed by atoms with Crippen LogP contribution in [0.3, 0.4) is 0 Å². The molecule has 1 aliphatic carbocycles. The molecule has 0 saturated heterocycles. The van der Waals surface area contributed by atoms with Crippen molar-refractivity contribution >= 4 is 40.2 Å². The number of nitrogens with zero attached hydrogens (tertiary/aromatic N) is 2. The number of hydrogen-bond donors (Lipinski definition) is 0. The van der Waals surface area contributed by atoms with E-state index >= 15 is 0 Å². The van der Waals surface area contributed by atoms with Crippen molar-refractivity contribution in [3.63, 3.8) is 0 Å². The van der Waals surface area contributed by atoms with Gasteiger partial charge in [0.25, 0.3) is 0 Å². The van der Waals surface area contributed by atoms with Gasteiger partial charge in [0.15, 0.2) is 0 Å². The third-order valence-electron chi connectivity index (χ3n) is 14.4. The predicted molar refractivity (Wildman–Crippen MR) is 290 cm³/mol. The molecule has 0 saturated carbocycles. The van der Waals surface area contributed by atoms with Gasteiger partial charge in [-0.1, -0.05) is 200 Å². The van der Waals surface area contributed by atoms with E-state index < -0.39 is 0 Å². The lowest BCUT2D eigenvalue weighted by Crippen LogP contribution is -2.26. The minimum Gasteiger partial charge on any atom is -0.310 e. The summed E-state index contributed by atoms with van der Waals surface area (Å²) in [5.74, 6) is 0. The number of unbranched alkanes of at least 4 members (excludes halogenated alkanes) is 12. The summed E-state index contributed by atoms with van der Waals surface area (Å²) in [6.07, 6.45) is 25.3. The minimum atomic E-state index is -0.0959. The number of aryl methyl sites for hydroxylation is 3. The maximum atomic E-state index is 2.62. The summed E-state index contributed by atoms with van der Waals surface area (Å²) in [6.45, 7) is 15.8. The van der Waals surface area contributed by atoms with Gasteiger partial charge in [-0.15, -0.1) is 0 Å². The highest BCUT2D eigenvalue weighted by Gasteiger charge is 2.43. The van der Waals surface area contributed by atoms with Crippen LogP contribution in [-0.2, 0) is 5.41 Å². The molecule has 7 rings (SSSR count). The van der Waals surface area contributed by atoms with Crippen LogP contribution in [0, 0.1) is 20.8 Å². The second-order valence-electron chi connectivity index (χ2n) is 19.8. The van der Waals surface area contributed by atoms with Crippen molar-refractivity contribution in [2.45, 2.75) is 169 Å². The van der Waals surface area contributed by atoms with Gasteiger partial charge in [0, 0.05) is 39.5 Å². The molecule has 6 aromatic carbocycles. The summed E-state index contributed by atoms with van der Waals surface area (Å²) < 4.78 is 0. The Morgan fingerprint density at radius 3 is 1.12 bits per heavy atom. The monoisotopic (exact) mass is 877 g/mol. The van der Waals surface area contributed by atoms with E-state index in [0.717, 1.165) is 0 Å². The summed E-state index contributed by atoms with van der Waals surface area (Å²) in [7, 11) is 0.